The van der Waals surface area contributed by atoms with E-state index in [0.29, 0.717) is 17.0 Å². The minimum absolute atomic E-state index is 0.479. The quantitative estimate of drug-likeness (QED) is 0.739. The van der Waals surface area contributed by atoms with Crippen molar-refractivity contribution in [2.45, 2.75) is 6.42 Å². The Bertz CT molecular complexity index is 299. The molecule has 1 atom stereocenters. The van der Waals surface area contributed by atoms with Gasteiger partial charge in [0.2, 0.25) is 5.95 Å². The Balaban J connectivity index is 1.85. The summed E-state index contributed by atoms with van der Waals surface area (Å²) in [5.74, 6) is 1.29. The highest BCUT2D eigenvalue weighted by Gasteiger charge is 2.13. The van der Waals surface area contributed by atoms with Crippen LogP contribution in [0.2, 0.25) is 5.15 Å². The lowest BCUT2D eigenvalue weighted by Gasteiger charge is -2.09. The van der Waals surface area contributed by atoms with E-state index in [9.17, 15) is 0 Å². The van der Waals surface area contributed by atoms with Gasteiger partial charge in [0.25, 0.3) is 0 Å². The molecule has 2 N–H and O–H groups in total. The summed E-state index contributed by atoms with van der Waals surface area (Å²) in [6, 6.07) is 1.67. The van der Waals surface area contributed by atoms with Gasteiger partial charge in [-0.05, 0) is 31.5 Å². The van der Waals surface area contributed by atoms with Crippen LogP contribution in [-0.2, 0) is 0 Å². The molecule has 0 unspecified atom stereocenters. The van der Waals surface area contributed by atoms with Gasteiger partial charge in [-0.15, -0.1) is 0 Å². The lowest BCUT2D eigenvalue weighted by molar-refractivity contribution is 0.613. The molecule has 0 amide bonds. The predicted molar refractivity (Wildman–Crippen MR) is 56.5 cm³/mol. The van der Waals surface area contributed by atoms with E-state index in [-0.39, 0.29) is 0 Å². The molecule has 0 saturated carbocycles. The third kappa shape index (κ3) is 2.56. The molecule has 1 aromatic heterocycles. The summed E-state index contributed by atoms with van der Waals surface area (Å²) in [4.78, 5) is 8.13. The van der Waals surface area contributed by atoms with Gasteiger partial charge in [0.15, 0.2) is 0 Å². The van der Waals surface area contributed by atoms with Crippen molar-refractivity contribution in [1.29, 1.82) is 0 Å². The van der Waals surface area contributed by atoms with Crippen LogP contribution >= 0.6 is 11.6 Å². The topological polar surface area (TPSA) is 49.8 Å². The summed E-state index contributed by atoms with van der Waals surface area (Å²) in [5.41, 5.74) is 0. The molecule has 76 valence electrons. The number of aromatic nitrogens is 2. The zero-order valence-electron chi connectivity index (χ0n) is 7.83. The molecule has 0 bridgehead atoms. The van der Waals surface area contributed by atoms with Crippen molar-refractivity contribution in [2.24, 2.45) is 5.92 Å². The second-order valence-corrected chi connectivity index (χ2v) is 3.83. The predicted octanol–water partition coefficient (Wildman–Crippen LogP) is 1.15. The maximum atomic E-state index is 5.74. The smallest absolute Gasteiger partial charge is 0.224 e. The molecule has 0 aromatic carbocycles. The van der Waals surface area contributed by atoms with Crippen LogP contribution in [0.1, 0.15) is 6.42 Å². The van der Waals surface area contributed by atoms with Crippen molar-refractivity contribution >= 4 is 17.5 Å². The summed E-state index contributed by atoms with van der Waals surface area (Å²) in [6.07, 6.45) is 2.87. The number of nitrogens with zero attached hydrogens (tertiary/aromatic N) is 2. The van der Waals surface area contributed by atoms with Crippen LogP contribution < -0.4 is 10.6 Å². The molecular formula is C9H13ClN4. The Morgan fingerprint density at radius 1 is 1.64 bits per heavy atom. The molecule has 4 nitrogen and oxygen atoms in total. The Morgan fingerprint density at radius 2 is 2.57 bits per heavy atom. The molecule has 2 heterocycles. The first-order chi connectivity index (χ1) is 6.84. The number of halogens is 1. The van der Waals surface area contributed by atoms with E-state index < -0.39 is 0 Å². The Kier molecular flexibility index (Phi) is 3.16. The summed E-state index contributed by atoms with van der Waals surface area (Å²) >= 11 is 5.74. The molecule has 1 saturated heterocycles. The highest BCUT2D eigenvalue weighted by Crippen LogP contribution is 2.09. The van der Waals surface area contributed by atoms with Gasteiger partial charge in [-0.1, -0.05) is 11.6 Å². The van der Waals surface area contributed by atoms with E-state index in [1.165, 1.54) is 6.42 Å². The molecule has 0 radical (unpaired) electrons. The minimum Gasteiger partial charge on any atom is -0.354 e. The number of hydrogen-bond acceptors (Lipinski definition) is 4. The summed E-state index contributed by atoms with van der Waals surface area (Å²) in [6.45, 7) is 3.10. The molecule has 1 aliphatic rings. The van der Waals surface area contributed by atoms with Crippen LogP contribution in [0.5, 0.6) is 0 Å². The van der Waals surface area contributed by atoms with Crippen LogP contribution in [0, 0.1) is 5.92 Å². The first-order valence-electron chi connectivity index (χ1n) is 4.78. The Hall–Kier alpha value is -0.870. The van der Waals surface area contributed by atoms with Crippen molar-refractivity contribution in [3.8, 4) is 0 Å². The van der Waals surface area contributed by atoms with E-state index in [1.807, 2.05) is 0 Å². The lowest BCUT2D eigenvalue weighted by atomic mass is 10.1. The number of hydrogen-bond donors (Lipinski definition) is 2. The fraction of sp³-hybridized carbons (Fsp3) is 0.556. The van der Waals surface area contributed by atoms with Gasteiger partial charge in [0.1, 0.15) is 5.15 Å². The Morgan fingerprint density at radius 3 is 3.29 bits per heavy atom. The fourth-order valence-electron chi connectivity index (χ4n) is 1.55. The zero-order valence-corrected chi connectivity index (χ0v) is 8.59. The van der Waals surface area contributed by atoms with Crippen LogP contribution in [-0.4, -0.2) is 29.6 Å². The van der Waals surface area contributed by atoms with Crippen molar-refractivity contribution in [3.05, 3.63) is 17.4 Å². The van der Waals surface area contributed by atoms with Gasteiger partial charge >= 0.3 is 0 Å². The third-order valence-electron chi connectivity index (χ3n) is 2.33. The van der Waals surface area contributed by atoms with Gasteiger partial charge in [0.05, 0.1) is 0 Å². The number of rotatable bonds is 3. The Labute approximate surface area is 88.1 Å². The summed E-state index contributed by atoms with van der Waals surface area (Å²) < 4.78 is 0. The summed E-state index contributed by atoms with van der Waals surface area (Å²) in [7, 11) is 0. The van der Waals surface area contributed by atoms with Crippen molar-refractivity contribution in [1.82, 2.24) is 15.3 Å². The van der Waals surface area contributed by atoms with E-state index in [2.05, 4.69) is 20.6 Å². The van der Waals surface area contributed by atoms with Crippen LogP contribution in [0.4, 0.5) is 5.95 Å². The van der Waals surface area contributed by atoms with E-state index in [1.54, 1.807) is 12.3 Å². The van der Waals surface area contributed by atoms with Crippen LogP contribution in [0.25, 0.3) is 0 Å². The molecule has 2 rings (SSSR count). The van der Waals surface area contributed by atoms with Crippen molar-refractivity contribution in [3.63, 3.8) is 0 Å². The highest BCUT2D eigenvalue weighted by atomic mass is 35.5. The SMILES string of the molecule is Clc1ccnc(NC[C@@H]2CCNC2)n1. The van der Waals surface area contributed by atoms with E-state index in [4.69, 9.17) is 11.6 Å². The monoisotopic (exact) mass is 212 g/mol. The second kappa shape index (κ2) is 4.57. The first-order valence-corrected chi connectivity index (χ1v) is 5.15. The van der Waals surface area contributed by atoms with Crippen molar-refractivity contribution in [2.75, 3.05) is 25.0 Å². The first kappa shape index (κ1) is 9.68. The van der Waals surface area contributed by atoms with Gasteiger partial charge in [-0.25, -0.2) is 9.97 Å². The fourth-order valence-corrected chi connectivity index (χ4v) is 1.68. The maximum Gasteiger partial charge on any atom is 0.224 e. The standard InChI is InChI=1S/C9H13ClN4/c10-8-2-4-12-9(14-8)13-6-7-1-3-11-5-7/h2,4,7,11H,1,3,5-6H2,(H,12,13,14)/t7-/m1/s1. The average molecular weight is 213 g/mol. The molecule has 1 aliphatic heterocycles. The largest absolute Gasteiger partial charge is 0.354 e. The number of anilines is 1. The minimum atomic E-state index is 0.479. The van der Waals surface area contributed by atoms with Crippen LogP contribution in [0.3, 0.4) is 0 Å². The third-order valence-corrected chi connectivity index (χ3v) is 2.54. The molecule has 1 aromatic rings. The van der Waals surface area contributed by atoms with Gasteiger partial charge in [-0.3, -0.25) is 0 Å². The van der Waals surface area contributed by atoms with Crippen LogP contribution in [0.15, 0.2) is 12.3 Å². The van der Waals surface area contributed by atoms with E-state index in [0.717, 1.165) is 19.6 Å². The molecule has 0 aliphatic carbocycles. The lowest BCUT2D eigenvalue weighted by Crippen LogP contribution is -2.18. The zero-order chi connectivity index (χ0) is 9.80. The number of nitrogens with one attached hydrogen (secondary N) is 2. The molecule has 0 spiro atoms. The molecule has 5 heteroatoms. The summed E-state index contributed by atoms with van der Waals surface area (Å²) in [5, 5.41) is 6.97. The molecule has 1 fully saturated rings. The highest BCUT2D eigenvalue weighted by molar-refractivity contribution is 6.29. The van der Waals surface area contributed by atoms with Crippen molar-refractivity contribution < 1.29 is 0 Å². The normalized spacial score (nSPS) is 21.1. The molecule has 14 heavy (non-hydrogen) atoms. The van der Waals surface area contributed by atoms with Gasteiger partial charge in [0, 0.05) is 12.7 Å². The van der Waals surface area contributed by atoms with E-state index >= 15 is 0 Å². The second-order valence-electron chi connectivity index (χ2n) is 3.44. The average Bonchev–Trinajstić information content (AvgIpc) is 2.67. The maximum absolute atomic E-state index is 5.74. The molecular weight excluding hydrogens is 200 g/mol. The van der Waals surface area contributed by atoms with Gasteiger partial charge in [-0.2, -0.15) is 0 Å². The van der Waals surface area contributed by atoms with Gasteiger partial charge < -0.3 is 10.6 Å².